The Morgan fingerprint density at radius 2 is 2.08 bits per heavy atom. The summed E-state index contributed by atoms with van der Waals surface area (Å²) in [5.74, 6) is 0.517. The van der Waals surface area contributed by atoms with Gasteiger partial charge in [-0.15, -0.1) is 0 Å². The van der Waals surface area contributed by atoms with Crippen molar-refractivity contribution in [2.24, 2.45) is 0 Å². The molecule has 8 heteroatoms. The number of pyridine rings is 2. The first-order valence-corrected chi connectivity index (χ1v) is 12.8. The Hall–Kier alpha value is -2.97. The number of nitrogens with one attached hydrogen (secondary N) is 1. The molecule has 1 aliphatic heterocycles. The second kappa shape index (κ2) is 11.4. The van der Waals surface area contributed by atoms with Crippen LogP contribution in [0.4, 0.5) is 0 Å². The average Bonchev–Trinajstić information content (AvgIpc) is 3.31. The summed E-state index contributed by atoms with van der Waals surface area (Å²) in [5, 5.41) is 13.7. The number of ether oxygens (including phenoxy) is 1. The third-order valence-corrected chi connectivity index (χ3v) is 6.96. The number of fused-ring (bicyclic) bond motifs is 1. The summed E-state index contributed by atoms with van der Waals surface area (Å²) in [7, 11) is 0. The van der Waals surface area contributed by atoms with Crippen LogP contribution >= 0.6 is 11.6 Å². The van der Waals surface area contributed by atoms with E-state index in [1.165, 1.54) is 17.2 Å². The Kier molecular flexibility index (Phi) is 7.82. The number of aryl methyl sites for hydroxylation is 1. The van der Waals surface area contributed by atoms with Gasteiger partial charge < -0.3 is 15.2 Å². The molecule has 1 saturated heterocycles. The van der Waals surface area contributed by atoms with Crippen LogP contribution in [-0.2, 0) is 19.6 Å². The van der Waals surface area contributed by atoms with Gasteiger partial charge >= 0.3 is 0 Å². The van der Waals surface area contributed by atoms with Gasteiger partial charge in [0.25, 0.3) is 5.56 Å². The highest BCUT2D eigenvalue weighted by molar-refractivity contribution is 6.30. The highest BCUT2D eigenvalue weighted by Crippen LogP contribution is 2.27. The number of hydrogen-bond donors (Lipinski definition) is 2. The maximum Gasteiger partial charge on any atom is 0.258 e. The van der Waals surface area contributed by atoms with Crippen molar-refractivity contribution in [2.75, 3.05) is 26.2 Å². The van der Waals surface area contributed by atoms with Gasteiger partial charge in [0.1, 0.15) is 12.4 Å². The van der Waals surface area contributed by atoms with E-state index in [-0.39, 0.29) is 18.3 Å². The molecule has 0 radical (unpaired) electrons. The lowest BCUT2D eigenvalue weighted by Gasteiger charge is -2.19. The predicted molar refractivity (Wildman–Crippen MR) is 142 cm³/mol. The van der Waals surface area contributed by atoms with E-state index in [4.69, 9.17) is 16.3 Å². The topological polar surface area (TPSA) is 79.6 Å². The monoisotopic (exact) mass is 506 g/mol. The maximum atomic E-state index is 12.8. The number of aliphatic hydroxyl groups is 1. The molecule has 7 nitrogen and oxygen atoms in total. The summed E-state index contributed by atoms with van der Waals surface area (Å²) < 4.78 is 7.44. The number of aromatic nitrogens is 2. The number of rotatable bonds is 9. The normalized spacial score (nSPS) is 17.6. The number of halogens is 1. The highest BCUT2D eigenvalue weighted by atomic mass is 35.5. The third kappa shape index (κ3) is 6.23. The van der Waals surface area contributed by atoms with Crippen LogP contribution in [0.3, 0.4) is 0 Å². The fourth-order valence-corrected chi connectivity index (χ4v) is 4.86. The van der Waals surface area contributed by atoms with Crippen LogP contribution in [-0.4, -0.2) is 51.8 Å². The van der Waals surface area contributed by atoms with Gasteiger partial charge in [-0.05, 0) is 60.2 Å². The molecule has 1 atom stereocenters. The van der Waals surface area contributed by atoms with Gasteiger partial charge in [-0.1, -0.05) is 29.8 Å². The van der Waals surface area contributed by atoms with Crippen LogP contribution < -0.4 is 15.6 Å². The van der Waals surface area contributed by atoms with Crippen molar-refractivity contribution in [1.82, 2.24) is 19.8 Å². The predicted octanol–water partition coefficient (Wildman–Crippen LogP) is 3.58. The first-order chi connectivity index (χ1) is 17.5. The number of hydrogen-bond acceptors (Lipinski definition) is 6. The third-order valence-electron chi connectivity index (χ3n) is 6.74. The zero-order chi connectivity index (χ0) is 24.9. The summed E-state index contributed by atoms with van der Waals surface area (Å²) in [6, 6.07) is 13.4. The van der Waals surface area contributed by atoms with E-state index < -0.39 is 0 Å². The Morgan fingerprint density at radius 1 is 1.17 bits per heavy atom. The summed E-state index contributed by atoms with van der Waals surface area (Å²) in [6.45, 7) is 4.74. The van der Waals surface area contributed by atoms with Gasteiger partial charge in [-0.3, -0.25) is 19.2 Å². The van der Waals surface area contributed by atoms with Crippen molar-refractivity contribution >= 4 is 23.4 Å². The lowest BCUT2D eigenvalue weighted by atomic mass is 9.93. The minimum Gasteiger partial charge on any atom is -0.487 e. The van der Waals surface area contributed by atoms with Gasteiger partial charge in [0.15, 0.2) is 0 Å². The van der Waals surface area contributed by atoms with Crippen LogP contribution in [0.2, 0.25) is 5.02 Å². The largest absolute Gasteiger partial charge is 0.487 e. The van der Waals surface area contributed by atoms with Crippen LogP contribution in [0.15, 0.2) is 59.7 Å². The molecule has 1 fully saturated rings. The molecule has 1 aliphatic carbocycles. The fourth-order valence-electron chi connectivity index (χ4n) is 4.75. The number of benzene rings is 1. The van der Waals surface area contributed by atoms with Crippen molar-refractivity contribution in [2.45, 2.75) is 38.5 Å². The van der Waals surface area contributed by atoms with Crippen molar-refractivity contribution in [3.8, 4) is 5.75 Å². The molecular formula is C28H31ClN4O3. The zero-order valence-electron chi connectivity index (χ0n) is 20.2. The van der Waals surface area contributed by atoms with Crippen LogP contribution in [0.1, 0.15) is 35.2 Å². The molecule has 0 unspecified atom stereocenters. The SMILES string of the molecule is O=c1cc(OCc2ccc(Cl)cn2)ccn1C1=Cc2ccc(CNCCN3CC[C@@H](O)C3)cc2CC1. The Morgan fingerprint density at radius 3 is 2.86 bits per heavy atom. The quantitative estimate of drug-likeness (QED) is 0.432. The molecular weight excluding hydrogens is 476 g/mol. The van der Waals surface area contributed by atoms with E-state index in [0.29, 0.717) is 10.8 Å². The second-order valence-corrected chi connectivity index (χ2v) is 9.85. The lowest BCUT2D eigenvalue weighted by molar-refractivity contribution is 0.176. The zero-order valence-corrected chi connectivity index (χ0v) is 21.0. The number of β-amino-alcohol motifs (C(OH)–C–C–N with tert-alkyl or cyclic N) is 1. The van der Waals surface area contributed by atoms with Crippen LogP contribution in [0.5, 0.6) is 5.75 Å². The Balaban J connectivity index is 1.17. The van der Waals surface area contributed by atoms with Crippen molar-refractivity contribution in [3.05, 3.63) is 92.6 Å². The van der Waals surface area contributed by atoms with E-state index in [1.807, 2.05) is 6.07 Å². The van der Waals surface area contributed by atoms with Crippen molar-refractivity contribution < 1.29 is 9.84 Å². The van der Waals surface area contributed by atoms with E-state index in [2.05, 4.69) is 39.5 Å². The van der Waals surface area contributed by atoms with Crippen molar-refractivity contribution in [3.63, 3.8) is 0 Å². The minimum atomic E-state index is -0.164. The Labute approximate surface area is 216 Å². The first-order valence-electron chi connectivity index (χ1n) is 12.4. The van der Waals surface area contributed by atoms with Crippen LogP contribution in [0.25, 0.3) is 11.8 Å². The molecule has 2 N–H and O–H groups in total. The van der Waals surface area contributed by atoms with Gasteiger partial charge in [0, 0.05) is 56.9 Å². The number of aliphatic hydroxyl groups excluding tert-OH is 1. The van der Waals surface area contributed by atoms with Gasteiger partial charge in [-0.2, -0.15) is 0 Å². The van der Waals surface area contributed by atoms with E-state index in [1.54, 1.807) is 29.1 Å². The van der Waals surface area contributed by atoms with E-state index in [0.717, 1.165) is 68.9 Å². The van der Waals surface area contributed by atoms with Gasteiger partial charge in [0.2, 0.25) is 0 Å². The molecule has 0 bridgehead atoms. The van der Waals surface area contributed by atoms with Crippen molar-refractivity contribution in [1.29, 1.82) is 0 Å². The number of likely N-dealkylation sites (tertiary alicyclic amines) is 1. The standard InChI is InChI=1S/C28H31ClN4O3/c29-23-4-5-24(31-17-23)19-36-27-8-11-33(28(35)15-27)25-6-3-21-13-20(1-2-22(21)14-25)16-30-9-12-32-10-7-26(34)18-32/h1-2,4-5,8,11,13-15,17,26,30,34H,3,6-7,9-10,12,16,18-19H2/t26-/m1/s1. The summed E-state index contributed by atoms with van der Waals surface area (Å²) in [6.07, 6.45) is 7.88. The molecule has 5 rings (SSSR count). The molecule has 36 heavy (non-hydrogen) atoms. The van der Waals surface area contributed by atoms with E-state index >= 15 is 0 Å². The molecule has 0 saturated carbocycles. The van der Waals surface area contributed by atoms with Crippen LogP contribution in [0, 0.1) is 0 Å². The smallest absolute Gasteiger partial charge is 0.258 e. The van der Waals surface area contributed by atoms with Gasteiger partial charge in [0.05, 0.1) is 16.8 Å². The maximum absolute atomic E-state index is 12.8. The average molecular weight is 507 g/mol. The summed E-state index contributed by atoms with van der Waals surface area (Å²) >= 11 is 5.87. The molecule has 3 heterocycles. The summed E-state index contributed by atoms with van der Waals surface area (Å²) in [5.41, 5.74) is 5.35. The van der Waals surface area contributed by atoms with Gasteiger partial charge in [-0.25, -0.2) is 0 Å². The molecule has 188 valence electrons. The highest BCUT2D eigenvalue weighted by Gasteiger charge is 2.19. The fraction of sp³-hybridized carbons (Fsp3) is 0.357. The lowest BCUT2D eigenvalue weighted by Crippen LogP contribution is -2.31. The molecule has 0 amide bonds. The van der Waals surface area contributed by atoms with E-state index in [9.17, 15) is 9.90 Å². The summed E-state index contributed by atoms with van der Waals surface area (Å²) in [4.78, 5) is 19.3. The number of allylic oxidation sites excluding steroid dienone is 1. The minimum absolute atomic E-state index is 0.113. The molecule has 3 aromatic rings. The Bertz CT molecular complexity index is 1290. The molecule has 2 aromatic heterocycles. The first kappa shape index (κ1) is 24.7. The number of nitrogens with zero attached hydrogens (tertiary/aromatic N) is 3. The second-order valence-electron chi connectivity index (χ2n) is 9.42. The molecule has 1 aromatic carbocycles. The molecule has 0 spiro atoms. The molecule has 2 aliphatic rings.